The number of hydrogen-bond acceptors (Lipinski definition) is 0. The molecule has 0 spiro atoms. The fraction of sp³-hybridized carbons (Fsp3) is 0.500. The van der Waals surface area contributed by atoms with Crippen molar-refractivity contribution in [2.45, 2.75) is 32.6 Å². The smallest absolute Gasteiger partial charge is 0.00627 e. The van der Waals surface area contributed by atoms with Crippen LogP contribution in [0.3, 0.4) is 0 Å². The molecule has 60 valence electrons. The second kappa shape index (κ2) is 3.36. The lowest BCUT2D eigenvalue weighted by molar-refractivity contribution is 0.517. The fourth-order valence-electron chi connectivity index (χ4n) is 0.944. The van der Waals surface area contributed by atoms with Crippen LogP contribution in [0.15, 0.2) is 24.0 Å². The molecule has 0 unspecified atom stereocenters. The van der Waals surface area contributed by atoms with Gasteiger partial charge in [-0.15, -0.1) is 0 Å². The van der Waals surface area contributed by atoms with E-state index >= 15 is 0 Å². The normalized spacial score (nSPS) is 12.3. The summed E-state index contributed by atoms with van der Waals surface area (Å²) in [6, 6.07) is 6.48. The van der Waals surface area contributed by atoms with E-state index in [-0.39, 0.29) is 0 Å². The van der Waals surface area contributed by atoms with Crippen molar-refractivity contribution in [1.29, 1.82) is 0 Å². The maximum absolute atomic E-state index is 2.30. The van der Waals surface area contributed by atoms with E-state index in [1.54, 1.807) is 0 Å². The van der Waals surface area contributed by atoms with Crippen LogP contribution in [0.5, 0.6) is 0 Å². The Hall–Kier alpha value is -0.350. The summed E-state index contributed by atoms with van der Waals surface area (Å²) in [5, 5.41) is 1.53. The van der Waals surface area contributed by atoms with Crippen LogP contribution in [-0.4, -0.2) is 0 Å². The van der Waals surface area contributed by atoms with Gasteiger partial charge in [-0.2, -0.15) is 0 Å². The lowest BCUT2D eigenvalue weighted by Gasteiger charge is -2.22. The van der Waals surface area contributed by atoms with Gasteiger partial charge < -0.3 is 0 Å². The van der Waals surface area contributed by atoms with Crippen molar-refractivity contribution < 1.29 is 0 Å². The van der Waals surface area contributed by atoms with Crippen molar-refractivity contribution >= 4 is 8.19 Å². The molecule has 1 rings (SSSR count). The standard InChI is InChI=1S/C10H15P/c1-4-10(2,3)9-7-5-6-8-11-9/h5-8H,4H2,1-3H3. The molecule has 0 N–H and O–H groups in total. The van der Waals surface area contributed by atoms with E-state index in [9.17, 15) is 0 Å². The summed E-state index contributed by atoms with van der Waals surface area (Å²) in [5.41, 5.74) is 0.378. The molecule has 0 aliphatic rings. The molecule has 1 heteroatoms. The summed E-state index contributed by atoms with van der Waals surface area (Å²) >= 11 is 0. The van der Waals surface area contributed by atoms with E-state index in [4.69, 9.17) is 0 Å². The van der Waals surface area contributed by atoms with Crippen LogP contribution in [0.4, 0.5) is 0 Å². The van der Waals surface area contributed by atoms with Gasteiger partial charge in [-0.05, 0) is 22.9 Å². The zero-order valence-electron chi connectivity index (χ0n) is 7.46. The van der Waals surface area contributed by atoms with Gasteiger partial charge in [0.25, 0.3) is 0 Å². The van der Waals surface area contributed by atoms with Gasteiger partial charge >= 0.3 is 0 Å². The molecule has 0 nitrogen and oxygen atoms in total. The average Bonchev–Trinajstić information content (AvgIpc) is 2.06. The second-order valence-electron chi connectivity index (χ2n) is 3.45. The van der Waals surface area contributed by atoms with Crippen LogP contribution in [0.1, 0.15) is 32.5 Å². The van der Waals surface area contributed by atoms with E-state index < -0.39 is 0 Å². The van der Waals surface area contributed by atoms with Crippen molar-refractivity contribution in [1.82, 2.24) is 0 Å². The second-order valence-corrected chi connectivity index (χ2v) is 4.49. The maximum atomic E-state index is 2.30. The molecule has 0 saturated heterocycles. The van der Waals surface area contributed by atoms with Gasteiger partial charge in [0.2, 0.25) is 0 Å². The van der Waals surface area contributed by atoms with Crippen molar-refractivity contribution in [3.63, 3.8) is 0 Å². The van der Waals surface area contributed by atoms with Gasteiger partial charge in [-0.25, -0.2) is 0 Å². The van der Waals surface area contributed by atoms with E-state index in [0.717, 1.165) is 0 Å². The number of hydrogen-bond donors (Lipinski definition) is 0. The molecule has 0 fully saturated rings. The Bertz CT molecular complexity index is 214. The average molecular weight is 166 g/mol. The molecule has 1 heterocycles. The predicted octanol–water partition coefficient (Wildman–Crippen LogP) is 3.95. The first-order valence-electron chi connectivity index (χ1n) is 4.08. The van der Waals surface area contributed by atoms with Gasteiger partial charge in [0.1, 0.15) is 0 Å². The molecule has 0 aromatic carbocycles. The van der Waals surface area contributed by atoms with E-state index in [2.05, 4.69) is 44.8 Å². The molecule has 0 amide bonds. The first-order valence-corrected chi connectivity index (χ1v) is 5.04. The highest BCUT2D eigenvalue weighted by Crippen LogP contribution is 2.31. The van der Waals surface area contributed by atoms with Crippen LogP contribution in [0.25, 0.3) is 0 Å². The highest BCUT2D eigenvalue weighted by atomic mass is 31.0. The van der Waals surface area contributed by atoms with Gasteiger partial charge in [0.15, 0.2) is 0 Å². The predicted molar refractivity (Wildman–Crippen MR) is 52.3 cm³/mol. The molecule has 0 saturated carbocycles. The zero-order chi connectivity index (χ0) is 8.32. The molecule has 11 heavy (non-hydrogen) atoms. The first kappa shape index (κ1) is 8.74. The Morgan fingerprint density at radius 3 is 2.55 bits per heavy atom. The summed E-state index contributed by atoms with van der Waals surface area (Å²) in [4.78, 5) is 0. The highest BCUT2D eigenvalue weighted by Gasteiger charge is 2.17. The summed E-state index contributed by atoms with van der Waals surface area (Å²) < 4.78 is 0. The van der Waals surface area contributed by atoms with Gasteiger partial charge in [0, 0.05) is 0 Å². The monoisotopic (exact) mass is 166 g/mol. The zero-order valence-corrected chi connectivity index (χ0v) is 8.36. The van der Waals surface area contributed by atoms with Crippen molar-refractivity contribution in [3.05, 3.63) is 29.3 Å². The Morgan fingerprint density at radius 1 is 1.36 bits per heavy atom. The number of rotatable bonds is 2. The summed E-state index contributed by atoms with van der Waals surface area (Å²) in [6.07, 6.45) is 1.22. The van der Waals surface area contributed by atoms with Crippen molar-refractivity contribution in [2.75, 3.05) is 0 Å². The van der Waals surface area contributed by atoms with Gasteiger partial charge in [-0.3, -0.25) is 0 Å². The minimum Gasteiger partial charge on any atom is -0.0724 e. The largest absolute Gasteiger partial charge is 0.0724 e. The molecule has 0 bridgehead atoms. The third-order valence-electron chi connectivity index (χ3n) is 2.24. The van der Waals surface area contributed by atoms with Gasteiger partial charge in [-0.1, -0.05) is 47.2 Å². The minimum absolute atomic E-state index is 0.378. The fourth-order valence-corrected chi connectivity index (χ4v) is 1.97. The molecule has 1 aromatic heterocycles. The first-order chi connectivity index (χ1) is 5.17. The Balaban J connectivity index is 2.93. The summed E-state index contributed by atoms with van der Waals surface area (Å²) in [6.45, 7) is 6.85. The molecule has 0 radical (unpaired) electrons. The Morgan fingerprint density at radius 2 is 2.09 bits per heavy atom. The lowest BCUT2D eigenvalue weighted by atomic mass is 9.88. The lowest BCUT2D eigenvalue weighted by Crippen LogP contribution is -2.13. The highest BCUT2D eigenvalue weighted by molar-refractivity contribution is 7.30. The molecule has 0 aliphatic carbocycles. The van der Waals surface area contributed by atoms with Crippen LogP contribution in [0.2, 0.25) is 0 Å². The van der Waals surface area contributed by atoms with Gasteiger partial charge in [0.05, 0.1) is 0 Å². The van der Waals surface area contributed by atoms with Crippen LogP contribution < -0.4 is 0 Å². The minimum atomic E-state index is 0.378. The third-order valence-corrected chi connectivity index (χ3v) is 3.60. The molecule has 0 atom stereocenters. The quantitative estimate of drug-likeness (QED) is 0.624. The molecule has 1 aromatic rings. The van der Waals surface area contributed by atoms with Crippen LogP contribution >= 0.6 is 8.19 Å². The van der Waals surface area contributed by atoms with E-state index in [0.29, 0.717) is 5.41 Å². The van der Waals surface area contributed by atoms with Crippen LogP contribution in [0, 0.1) is 0 Å². The Labute approximate surface area is 70.8 Å². The van der Waals surface area contributed by atoms with Crippen LogP contribution in [-0.2, 0) is 5.41 Å². The molecular formula is C10H15P. The Kier molecular flexibility index (Phi) is 2.67. The summed E-state index contributed by atoms with van der Waals surface area (Å²) in [5.74, 6) is 2.20. The van der Waals surface area contributed by atoms with E-state index in [1.165, 1.54) is 19.9 Å². The summed E-state index contributed by atoms with van der Waals surface area (Å²) in [7, 11) is 1.37. The molecular weight excluding hydrogens is 151 g/mol. The molecule has 0 aliphatic heterocycles. The van der Waals surface area contributed by atoms with Crippen molar-refractivity contribution in [3.8, 4) is 0 Å². The topological polar surface area (TPSA) is 0 Å². The van der Waals surface area contributed by atoms with E-state index in [1.807, 2.05) is 0 Å². The third kappa shape index (κ3) is 2.04. The van der Waals surface area contributed by atoms with Crippen molar-refractivity contribution in [2.24, 2.45) is 0 Å². The SMILES string of the molecule is CCC(C)(C)c1ccccp1. The maximum Gasteiger partial charge on any atom is -0.00627 e.